The maximum Gasteiger partial charge on any atom is 0.387 e. The zero-order valence-electron chi connectivity index (χ0n) is 8.91. The molecule has 0 spiro atoms. The topological polar surface area (TPSA) is 52.6 Å². The molecule has 0 bridgehead atoms. The first-order valence-corrected chi connectivity index (χ1v) is 5.05. The summed E-state index contributed by atoms with van der Waals surface area (Å²) in [6.45, 7) is 3.67. The molecular formula is C11H14O4. The Morgan fingerprint density at radius 1 is 1.47 bits per heavy atom. The Kier molecular flexibility index (Phi) is 4.17. The van der Waals surface area contributed by atoms with Crippen LogP contribution in [0.5, 0.6) is 0 Å². The average Bonchev–Trinajstić information content (AvgIpc) is 3.00. The molecule has 0 radical (unpaired) electrons. The molecule has 1 unspecified atom stereocenters. The molecule has 1 atom stereocenters. The van der Waals surface area contributed by atoms with Crippen molar-refractivity contribution in [2.45, 2.75) is 39.2 Å². The number of hydrogen-bond acceptors (Lipinski definition) is 4. The Balaban J connectivity index is 2.24. The van der Waals surface area contributed by atoms with Crippen molar-refractivity contribution < 1.29 is 19.1 Å². The molecule has 4 nitrogen and oxygen atoms in total. The van der Waals surface area contributed by atoms with Crippen LogP contribution in [0.4, 0.5) is 0 Å². The molecule has 15 heavy (non-hydrogen) atoms. The molecule has 1 saturated carbocycles. The summed E-state index contributed by atoms with van der Waals surface area (Å²) in [5.74, 6) is 1.09. The van der Waals surface area contributed by atoms with Crippen molar-refractivity contribution in [2.24, 2.45) is 5.92 Å². The van der Waals surface area contributed by atoms with Crippen LogP contribution < -0.4 is 0 Å². The molecule has 82 valence electrons. The van der Waals surface area contributed by atoms with Crippen LogP contribution in [0.2, 0.25) is 0 Å². The zero-order valence-corrected chi connectivity index (χ0v) is 8.91. The molecule has 4 heteroatoms. The largest absolute Gasteiger partial charge is 0.453 e. The third-order valence-corrected chi connectivity index (χ3v) is 2.10. The first kappa shape index (κ1) is 11.6. The average molecular weight is 210 g/mol. The van der Waals surface area contributed by atoms with Gasteiger partial charge < -0.3 is 9.47 Å². The molecule has 0 aliphatic heterocycles. The Labute approximate surface area is 88.9 Å². The number of hydrogen-bond donors (Lipinski definition) is 0. The molecule has 1 aliphatic carbocycles. The maximum atomic E-state index is 11.0. The van der Waals surface area contributed by atoms with E-state index in [1.165, 1.54) is 0 Å². The number of ether oxygens (including phenoxy) is 2. The van der Waals surface area contributed by atoms with Crippen molar-refractivity contribution in [2.75, 3.05) is 0 Å². The van der Waals surface area contributed by atoms with E-state index < -0.39 is 5.97 Å². The van der Waals surface area contributed by atoms with E-state index in [0.29, 0.717) is 0 Å². The van der Waals surface area contributed by atoms with E-state index in [9.17, 15) is 9.59 Å². The van der Waals surface area contributed by atoms with Crippen molar-refractivity contribution >= 4 is 11.9 Å². The van der Waals surface area contributed by atoms with Crippen molar-refractivity contribution in [1.82, 2.24) is 0 Å². The highest BCUT2D eigenvalue weighted by Gasteiger charge is 2.31. The predicted molar refractivity (Wildman–Crippen MR) is 52.4 cm³/mol. The summed E-state index contributed by atoms with van der Waals surface area (Å²) < 4.78 is 9.40. The number of esters is 2. The van der Waals surface area contributed by atoms with Crippen LogP contribution in [0.3, 0.4) is 0 Å². The molecule has 0 aromatic heterocycles. The van der Waals surface area contributed by atoms with Crippen molar-refractivity contribution in [3.63, 3.8) is 0 Å². The van der Waals surface area contributed by atoms with Gasteiger partial charge in [-0.05, 0) is 26.2 Å². The van der Waals surface area contributed by atoms with E-state index in [0.717, 1.165) is 19.3 Å². The van der Waals surface area contributed by atoms with Gasteiger partial charge in [-0.25, -0.2) is 4.79 Å². The maximum absolute atomic E-state index is 11.0. The lowest BCUT2D eigenvalue weighted by Crippen LogP contribution is -2.12. The standard InChI is InChI=1S/C11H14O4/c1-3-8(2)15-10(12)6-7-14-11(13)9-4-5-9/h8-9H,3-5H2,1-2H3. The minimum atomic E-state index is -0.659. The lowest BCUT2D eigenvalue weighted by Gasteiger charge is -2.06. The van der Waals surface area contributed by atoms with E-state index in [1.807, 2.05) is 6.92 Å². The summed E-state index contributed by atoms with van der Waals surface area (Å²) in [4.78, 5) is 22.0. The summed E-state index contributed by atoms with van der Waals surface area (Å²) >= 11 is 0. The minimum absolute atomic E-state index is 0.00936. The van der Waals surface area contributed by atoms with E-state index in [-0.39, 0.29) is 18.0 Å². The summed E-state index contributed by atoms with van der Waals surface area (Å²) in [6.07, 6.45) is 4.35. The number of carbonyl (C=O) groups excluding carboxylic acids is 2. The van der Waals surface area contributed by atoms with Gasteiger partial charge in [0.1, 0.15) is 6.11 Å². The summed E-state index contributed by atoms with van der Waals surface area (Å²) in [7, 11) is 0. The predicted octanol–water partition coefficient (Wildman–Crippen LogP) is 1.24. The van der Waals surface area contributed by atoms with Crippen LogP contribution in [-0.2, 0) is 19.1 Å². The van der Waals surface area contributed by atoms with Gasteiger partial charge in [0.05, 0.1) is 17.9 Å². The quantitative estimate of drug-likeness (QED) is 0.519. The summed E-state index contributed by atoms with van der Waals surface area (Å²) in [6, 6.07) is 0. The van der Waals surface area contributed by atoms with Crippen LogP contribution >= 0.6 is 0 Å². The molecule has 0 aromatic rings. The van der Waals surface area contributed by atoms with E-state index in [4.69, 9.17) is 4.74 Å². The second-order valence-electron chi connectivity index (χ2n) is 3.55. The van der Waals surface area contributed by atoms with E-state index in [1.54, 1.807) is 6.92 Å². The Bertz CT molecular complexity index is 306. The highest BCUT2D eigenvalue weighted by molar-refractivity contribution is 5.88. The molecule has 1 aliphatic rings. The van der Waals surface area contributed by atoms with E-state index in [2.05, 4.69) is 16.8 Å². The van der Waals surface area contributed by atoms with Gasteiger partial charge in [-0.2, -0.15) is 0 Å². The lowest BCUT2D eigenvalue weighted by atomic mass is 10.3. The Morgan fingerprint density at radius 2 is 2.13 bits per heavy atom. The lowest BCUT2D eigenvalue weighted by molar-refractivity contribution is -0.141. The van der Waals surface area contributed by atoms with Crippen LogP contribution in [0.15, 0.2) is 0 Å². The summed E-state index contributed by atoms with van der Waals surface area (Å²) in [5, 5.41) is 0. The van der Waals surface area contributed by atoms with Crippen LogP contribution in [0.25, 0.3) is 0 Å². The van der Waals surface area contributed by atoms with Gasteiger partial charge in [0.25, 0.3) is 0 Å². The third-order valence-electron chi connectivity index (χ3n) is 2.10. The zero-order chi connectivity index (χ0) is 11.3. The van der Waals surface area contributed by atoms with Gasteiger partial charge in [0.15, 0.2) is 0 Å². The van der Waals surface area contributed by atoms with Crippen molar-refractivity contribution in [1.29, 1.82) is 0 Å². The van der Waals surface area contributed by atoms with Crippen molar-refractivity contribution in [3.8, 4) is 12.0 Å². The molecule has 0 heterocycles. The fourth-order valence-corrected chi connectivity index (χ4v) is 0.815. The molecule has 0 N–H and O–H groups in total. The fraction of sp³-hybridized carbons (Fsp3) is 0.636. The van der Waals surface area contributed by atoms with Gasteiger partial charge in [-0.3, -0.25) is 4.79 Å². The number of carbonyl (C=O) groups is 2. The second kappa shape index (κ2) is 5.40. The van der Waals surface area contributed by atoms with Gasteiger partial charge in [0.2, 0.25) is 0 Å². The van der Waals surface area contributed by atoms with Gasteiger partial charge in [0, 0.05) is 0 Å². The van der Waals surface area contributed by atoms with E-state index >= 15 is 0 Å². The second-order valence-corrected chi connectivity index (χ2v) is 3.55. The molecule has 1 fully saturated rings. The smallest absolute Gasteiger partial charge is 0.387 e. The minimum Gasteiger partial charge on any atom is -0.453 e. The Hall–Kier alpha value is -1.50. The normalized spacial score (nSPS) is 15.9. The van der Waals surface area contributed by atoms with Crippen LogP contribution in [0.1, 0.15) is 33.1 Å². The Morgan fingerprint density at radius 3 is 2.67 bits per heavy atom. The third kappa shape index (κ3) is 4.50. The van der Waals surface area contributed by atoms with Crippen molar-refractivity contribution in [3.05, 3.63) is 0 Å². The highest BCUT2D eigenvalue weighted by atomic mass is 16.5. The summed E-state index contributed by atoms with van der Waals surface area (Å²) in [5.41, 5.74) is 0. The SMILES string of the molecule is CCC(C)OC(=O)C#COC(=O)C1CC1. The van der Waals surface area contributed by atoms with Crippen LogP contribution in [-0.4, -0.2) is 18.0 Å². The van der Waals surface area contributed by atoms with Gasteiger partial charge in [-0.15, -0.1) is 0 Å². The molecule has 0 amide bonds. The molecule has 0 aromatic carbocycles. The first-order valence-electron chi connectivity index (χ1n) is 5.05. The van der Waals surface area contributed by atoms with Crippen LogP contribution in [0, 0.1) is 17.9 Å². The van der Waals surface area contributed by atoms with Gasteiger partial charge in [-0.1, -0.05) is 6.92 Å². The fourth-order valence-electron chi connectivity index (χ4n) is 0.815. The molecular weight excluding hydrogens is 196 g/mol. The molecule has 0 saturated heterocycles. The van der Waals surface area contributed by atoms with Gasteiger partial charge >= 0.3 is 11.9 Å². The number of rotatable bonds is 3. The first-order chi connectivity index (χ1) is 7.13. The highest BCUT2D eigenvalue weighted by Crippen LogP contribution is 2.29. The monoisotopic (exact) mass is 210 g/mol. The molecule has 1 rings (SSSR count).